The summed E-state index contributed by atoms with van der Waals surface area (Å²) >= 11 is 0. The molecule has 2 heterocycles. The minimum Gasteiger partial charge on any atom is -0.454 e. The van der Waals surface area contributed by atoms with Crippen molar-refractivity contribution in [2.45, 2.75) is 20.0 Å². The van der Waals surface area contributed by atoms with E-state index in [1.807, 2.05) is 37.3 Å². The molecule has 3 aromatic carbocycles. The number of rotatable bonds is 5. The highest BCUT2D eigenvalue weighted by molar-refractivity contribution is 6.07. The SMILES string of the molecule is Cc1ccc(-c2c(C(=O)OC(C)C(=O)Nc3ccc4c(c3)OCO4)n(C)c(=O)c3ccccc23)cc1. The summed E-state index contributed by atoms with van der Waals surface area (Å²) in [5.74, 6) is -0.186. The number of hydrogen-bond acceptors (Lipinski definition) is 6. The maximum atomic E-state index is 13.4. The van der Waals surface area contributed by atoms with Gasteiger partial charge in [-0.25, -0.2) is 4.79 Å². The number of ether oxygens (including phenoxy) is 3. The quantitative estimate of drug-likeness (QED) is 0.421. The average molecular weight is 485 g/mol. The molecule has 5 rings (SSSR count). The molecule has 36 heavy (non-hydrogen) atoms. The van der Waals surface area contributed by atoms with Gasteiger partial charge in [0.1, 0.15) is 5.69 Å². The largest absolute Gasteiger partial charge is 0.454 e. The zero-order chi connectivity index (χ0) is 25.4. The van der Waals surface area contributed by atoms with Crippen molar-refractivity contribution in [2.24, 2.45) is 7.05 Å². The number of aromatic nitrogens is 1. The van der Waals surface area contributed by atoms with Gasteiger partial charge in [0.25, 0.3) is 11.5 Å². The molecule has 4 aromatic rings. The first-order valence-corrected chi connectivity index (χ1v) is 11.4. The van der Waals surface area contributed by atoms with Crippen LogP contribution in [0, 0.1) is 6.92 Å². The molecule has 0 bridgehead atoms. The molecule has 1 aliphatic rings. The van der Waals surface area contributed by atoms with E-state index in [0.29, 0.717) is 33.5 Å². The van der Waals surface area contributed by atoms with Crippen LogP contribution in [0.2, 0.25) is 0 Å². The molecule has 1 unspecified atom stereocenters. The third kappa shape index (κ3) is 4.17. The van der Waals surface area contributed by atoms with Crippen molar-refractivity contribution in [1.82, 2.24) is 4.57 Å². The summed E-state index contributed by atoms with van der Waals surface area (Å²) in [5, 5.41) is 3.84. The number of nitrogens with one attached hydrogen (secondary N) is 1. The standard InChI is InChI=1S/C28H24N2O6/c1-16-8-10-18(11-9-16)24-20-6-4-5-7-21(20)27(32)30(3)25(24)28(33)36-17(2)26(31)29-19-12-13-22-23(14-19)35-15-34-22/h4-14,17H,15H2,1-3H3,(H,29,31). The van der Waals surface area contributed by atoms with Crippen molar-refractivity contribution in [1.29, 1.82) is 0 Å². The monoisotopic (exact) mass is 484 g/mol. The van der Waals surface area contributed by atoms with Gasteiger partial charge in [-0.15, -0.1) is 0 Å². The third-order valence-corrected chi connectivity index (χ3v) is 6.13. The van der Waals surface area contributed by atoms with Crippen molar-refractivity contribution >= 4 is 28.3 Å². The number of carbonyl (C=O) groups is 2. The van der Waals surface area contributed by atoms with Crippen LogP contribution in [-0.2, 0) is 16.6 Å². The maximum Gasteiger partial charge on any atom is 0.356 e. The van der Waals surface area contributed by atoms with E-state index in [4.69, 9.17) is 14.2 Å². The van der Waals surface area contributed by atoms with Crippen LogP contribution in [0.5, 0.6) is 11.5 Å². The van der Waals surface area contributed by atoms with Crippen LogP contribution >= 0.6 is 0 Å². The molecule has 8 heteroatoms. The van der Waals surface area contributed by atoms with Gasteiger partial charge in [-0.3, -0.25) is 9.59 Å². The molecule has 0 aliphatic carbocycles. The Labute approximate surface area is 207 Å². The number of benzene rings is 3. The van der Waals surface area contributed by atoms with Crippen molar-refractivity contribution in [3.63, 3.8) is 0 Å². The topological polar surface area (TPSA) is 95.9 Å². The maximum absolute atomic E-state index is 13.4. The van der Waals surface area contributed by atoms with Gasteiger partial charge in [-0.2, -0.15) is 0 Å². The summed E-state index contributed by atoms with van der Waals surface area (Å²) in [6.45, 7) is 3.57. The summed E-state index contributed by atoms with van der Waals surface area (Å²) < 4.78 is 17.5. The number of anilines is 1. The van der Waals surface area contributed by atoms with Gasteiger partial charge in [0.15, 0.2) is 17.6 Å². The molecule has 8 nitrogen and oxygen atoms in total. The molecule has 1 N–H and O–H groups in total. The Kier molecular flexibility index (Phi) is 5.93. The number of aryl methyl sites for hydroxylation is 1. The zero-order valence-electron chi connectivity index (χ0n) is 20.0. The van der Waals surface area contributed by atoms with Gasteiger partial charge < -0.3 is 24.1 Å². The first-order valence-electron chi connectivity index (χ1n) is 11.4. The Hall–Kier alpha value is -4.59. The minimum absolute atomic E-state index is 0.0743. The lowest BCUT2D eigenvalue weighted by molar-refractivity contribution is -0.123. The summed E-state index contributed by atoms with van der Waals surface area (Å²) in [5.41, 5.74) is 2.62. The fraction of sp³-hybridized carbons (Fsp3) is 0.179. The first kappa shape index (κ1) is 23.2. The number of hydrogen-bond donors (Lipinski definition) is 1. The molecule has 0 saturated carbocycles. The fourth-order valence-electron chi connectivity index (χ4n) is 4.20. The van der Waals surface area contributed by atoms with E-state index < -0.39 is 18.0 Å². The predicted octanol–water partition coefficient (Wildman–Crippen LogP) is 4.43. The van der Waals surface area contributed by atoms with Gasteiger partial charge in [0.05, 0.1) is 0 Å². The first-order chi connectivity index (χ1) is 17.3. The van der Waals surface area contributed by atoms with E-state index >= 15 is 0 Å². The van der Waals surface area contributed by atoms with Crippen LogP contribution in [0.3, 0.4) is 0 Å². The number of carbonyl (C=O) groups excluding carboxylic acids is 2. The number of pyridine rings is 1. The molecular formula is C28H24N2O6. The smallest absolute Gasteiger partial charge is 0.356 e. The molecule has 0 saturated heterocycles. The van der Waals surface area contributed by atoms with Gasteiger partial charge in [-0.05, 0) is 43.0 Å². The van der Waals surface area contributed by atoms with E-state index in [1.165, 1.54) is 18.5 Å². The van der Waals surface area contributed by atoms with Crippen LogP contribution in [0.25, 0.3) is 21.9 Å². The van der Waals surface area contributed by atoms with Crippen molar-refractivity contribution in [3.8, 4) is 22.6 Å². The van der Waals surface area contributed by atoms with Crippen LogP contribution in [-0.4, -0.2) is 29.3 Å². The molecule has 1 aromatic heterocycles. The van der Waals surface area contributed by atoms with Crippen molar-refractivity contribution < 1.29 is 23.8 Å². The van der Waals surface area contributed by atoms with Gasteiger partial charge in [0.2, 0.25) is 6.79 Å². The van der Waals surface area contributed by atoms with Gasteiger partial charge in [0, 0.05) is 29.8 Å². The molecule has 182 valence electrons. The second-order valence-electron chi connectivity index (χ2n) is 8.60. The lowest BCUT2D eigenvalue weighted by atomic mass is 9.96. The molecule has 0 spiro atoms. The zero-order valence-corrected chi connectivity index (χ0v) is 20.0. The Balaban J connectivity index is 1.48. The van der Waals surface area contributed by atoms with Crippen LogP contribution in [0.1, 0.15) is 23.0 Å². The van der Waals surface area contributed by atoms with E-state index in [2.05, 4.69) is 5.32 Å². The number of amides is 1. The van der Waals surface area contributed by atoms with Gasteiger partial charge >= 0.3 is 5.97 Å². The average Bonchev–Trinajstić information content (AvgIpc) is 3.34. The summed E-state index contributed by atoms with van der Waals surface area (Å²) in [6.07, 6.45) is -1.13. The van der Waals surface area contributed by atoms with Gasteiger partial charge in [-0.1, -0.05) is 48.0 Å². The van der Waals surface area contributed by atoms with Crippen LogP contribution < -0.4 is 20.3 Å². The lowest BCUT2D eigenvalue weighted by Crippen LogP contribution is -2.32. The Bertz CT molecular complexity index is 1560. The third-order valence-electron chi connectivity index (χ3n) is 6.13. The van der Waals surface area contributed by atoms with E-state index in [1.54, 1.807) is 36.4 Å². The number of nitrogens with zero attached hydrogens (tertiary/aromatic N) is 1. The summed E-state index contributed by atoms with van der Waals surface area (Å²) in [4.78, 5) is 39.4. The highest BCUT2D eigenvalue weighted by Crippen LogP contribution is 2.34. The Morgan fingerprint density at radius 1 is 0.972 bits per heavy atom. The number of fused-ring (bicyclic) bond motifs is 2. The van der Waals surface area contributed by atoms with Crippen molar-refractivity contribution in [3.05, 3.63) is 88.3 Å². The Morgan fingerprint density at radius 3 is 2.42 bits per heavy atom. The normalized spacial score (nSPS) is 12.9. The second-order valence-corrected chi connectivity index (χ2v) is 8.60. The summed E-state index contributed by atoms with van der Waals surface area (Å²) in [7, 11) is 1.53. The second kappa shape index (κ2) is 9.22. The Morgan fingerprint density at radius 2 is 1.67 bits per heavy atom. The minimum atomic E-state index is -1.13. The molecule has 1 amide bonds. The molecular weight excluding hydrogens is 460 g/mol. The highest BCUT2D eigenvalue weighted by atomic mass is 16.7. The predicted molar refractivity (Wildman–Crippen MR) is 135 cm³/mol. The van der Waals surface area contributed by atoms with E-state index in [9.17, 15) is 14.4 Å². The van der Waals surface area contributed by atoms with E-state index in [-0.39, 0.29) is 18.0 Å². The molecule has 1 aliphatic heterocycles. The molecule has 1 atom stereocenters. The highest BCUT2D eigenvalue weighted by Gasteiger charge is 2.26. The fourth-order valence-corrected chi connectivity index (χ4v) is 4.20. The van der Waals surface area contributed by atoms with Crippen molar-refractivity contribution in [2.75, 3.05) is 12.1 Å². The van der Waals surface area contributed by atoms with Crippen LogP contribution in [0.4, 0.5) is 5.69 Å². The van der Waals surface area contributed by atoms with Crippen LogP contribution in [0.15, 0.2) is 71.5 Å². The molecule has 0 radical (unpaired) electrons. The van der Waals surface area contributed by atoms with E-state index in [0.717, 1.165) is 11.1 Å². The molecule has 0 fully saturated rings. The lowest BCUT2D eigenvalue weighted by Gasteiger charge is -2.19. The summed E-state index contributed by atoms with van der Waals surface area (Å²) in [6, 6.07) is 19.8. The number of esters is 1.